The SMILES string of the molecule is COC(=O)CCNC(=O)Cc1c(C)nc(=O)[nH]c1C. The van der Waals surface area contributed by atoms with Crippen molar-refractivity contribution in [1.29, 1.82) is 0 Å². The fourth-order valence-corrected chi connectivity index (χ4v) is 1.64. The zero-order valence-electron chi connectivity index (χ0n) is 11.2. The van der Waals surface area contributed by atoms with Crippen LogP contribution in [0.25, 0.3) is 0 Å². The third-order valence-corrected chi connectivity index (χ3v) is 2.67. The molecule has 0 aromatic carbocycles. The number of hydrogen-bond acceptors (Lipinski definition) is 5. The molecule has 0 aliphatic carbocycles. The van der Waals surface area contributed by atoms with E-state index < -0.39 is 5.69 Å². The molecule has 2 N–H and O–H groups in total. The van der Waals surface area contributed by atoms with Gasteiger partial charge in [-0.05, 0) is 13.8 Å². The number of rotatable bonds is 5. The van der Waals surface area contributed by atoms with Crippen LogP contribution in [0.1, 0.15) is 23.4 Å². The second-order valence-electron chi connectivity index (χ2n) is 4.08. The molecule has 0 aliphatic heterocycles. The number of nitrogens with zero attached hydrogens (tertiary/aromatic N) is 1. The van der Waals surface area contributed by atoms with E-state index in [-0.39, 0.29) is 31.3 Å². The smallest absolute Gasteiger partial charge is 0.345 e. The highest BCUT2D eigenvalue weighted by molar-refractivity contribution is 5.79. The normalized spacial score (nSPS) is 10.1. The van der Waals surface area contributed by atoms with Crippen LogP contribution in [0, 0.1) is 13.8 Å². The zero-order chi connectivity index (χ0) is 14.4. The lowest BCUT2D eigenvalue weighted by molar-refractivity contribution is -0.140. The van der Waals surface area contributed by atoms with Gasteiger partial charge in [0.2, 0.25) is 5.91 Å². The Balaban J connectivity index is 2.58. The van der Waals surface area contributed by atoms with Crippen molar-refractivity contribution in [2.45, 2.75) is 26.7 Å². The minimum atomic E-state index is -0.426. The Kier molecular flexibility index (Phi) is 5.23. The number of nitrogens with one attached hydrogen (secondary N) is 2. The number of carbonyl (C=O) groups excluding carboxylic acids is 2. The van der Waals surface area contributed by atoms with Crippen molar-refractivity contribution in [2.75, 3.05) is 13.7 Å². The zero-order valence-corrected chi connectivity index (χ0v) is 11.2. The lowest BCUT2D eigenvalue weighted by Crippen LogP contribution is -2.29. The van der Waals surface area contributed by atoms with Crippen LogP contribution in [0.3, 0.4) is 0 Å². The number of H-pyrrole nitrogens is 1. The van der Waals surface area contributed by atoms with Crippen molar-refractivity contribution < 1.29 is 14.3 Å². The van der Waals surface area contributed by atoms with Gasteiger partial charge >= 0.3 is 11.7 Å². The summed E-state index contributed by atoms with van der Waals surface area (Å²) in [6, 6.07) is 0. The molecular weight excluding hydrogens is 250 g/mol. The average molecular weight is 267 g/mol. The van der Waals surface area contributed by atoms with E-state index in [4.69, 9.17) is 0 Å². The summed E-state index contributed by atoms with van der Waals surface area (Å²) in [5.74, 6) is -0.609. The van der Waals surface area contributed by atoms with E-state index in [2.05, 4.69) is 20.0 Å². The number of aryl methyl sites for hydroxylation is 2. The molecular formula is C12H17N3O4. The molecule has 0 fully saturated rings. The van der Waals surface area contributed by atoms with Gasteiger partial charge in [0.15, 0.2) is 0 Å². The second-order valence-corrected chi connectivity index (χ2v) is 4.08. The third kappa shape index (κ3) is 4.53. The maximum Gasteiger partial charge on any atom is 0.345 e. The molecule has 7 heteroatoms. The predicted octanol–water partition coefficient (Wildman–Crippen LogP) is -0.391. The molecule has 0 bridgehead atoms. The number of carbonyl (C=O) groups is 2. The maximum atomic E-state index is 11.7. The summed E-state index contributed by atoms with van der Waals surface area (Å²) < 4.78 is 4.46. The topological polar surface area (TPSA) is 101 Å². The molecule has 1 aromatic rings. The van der Waals surface area contributed by atoms with Crippen LogP contribution >= 0.6 is 0 Å². The van der Waals surface area contributed by atoms with E-state index in [1.165, 1.54) is 7.11 Å². The molecule has 0 saturated carbocycles. The van der Waals surface area contributed by atoms with Gasteiger partial charge in [0.1, 0.15) is 0 Å². The Hall–Kier alpha value is -2.18. The number of aromatic amines is 1. The van der Waals surface area contributed by atoms with E-state index in [9.17, 15) is 14.4 Å². The van der Waals surface area contributed by atoms with Gasteiger partial charge in [-0.3, -0.25) is 9.59 Å². The first-order chi connectivity index (χ1) is 8.93. The summed E-state index contributed by atoms with van der Waals surface area (Å²) in [6.07, 6.45) is 0.243. The molecule has 104 valence electrons. The summed E-state index contributed by atoms with van der Waals surface area (Å²) >= 11 is 0. The number of ether oxygens (including phenoxy) is 1. The second kappa shape index (κ2) is 6.67. The van der Waals surface area contributed by atoms with E-state index in [0.717, 1.165) is 0 Å². The van der Waals surface area contributed by atoms with Crippen LogP contribution < -0.4 is 11.0 Å². The summed E-state index contributed by atoms with van der Waals surface area (Å²) in [6.45, 7) is 3.62. The summed E-state index contributed by atoms with van der Waals surface area (Å²) in [7, 11) is 1.29. The molecule has 1 aromatic heterocycles. The van der Waals surface area contributed by atoms with Gasteiger partial charge in [0.05, 0.1) is 20.0 Å². The minimum absolute atomic E-state index is 0.114. The Labute approximate surface area is 110 Å². The van der Waals surface area contributed by atoms with Crippen molar-refractivity contribution in [3.63, 3.8) is 0 Å². The highest BCUT2D eigenvalue weighted by Crippen LogP contribution is 2.07. The fourth-order valence-electron chi connectivity index (χ4n) is 1.64. The highest BCUT2D eigenvalue weighted by Gasteiger charge is 2.11. The minimum Gasteiger partial charge on any atom is -0.469 e. The number of methoxy groups -OCH3 is 1. The first-order valence-corrected chi connectivity index (χ1v) is 5.84. The summed E-state index contributed by atoms with van der Waals surface area (Å²) in [5, 5.41) is 2.61. The lowest BCUT2D eigenvalue weighted by atomic mass is 10.1. The van der Waals surface area contributed by atoms with Crippen LogP contribution in [0.2, 0.25) is 0 Å². The summed E-state index contributed by atoms with van der Waals surface area (Å²) in [4.78, 5) is 40.0. The third-order valence-electron chi connectivity index (χ3n) is 2.67. The van der Waals surface area contributed by atoms with Gasteiger partial charge in [0.25, 0.3) is 0 Å². The Morgan fingerprint density at radius 3 is 2.63 bits per heavy atom. The average Bonchev–Trinajstić information content (AvgIpc) is 2.33. The molecule has 0 aliphatic rings. The van der Waals surface area contributed by atoms with Gasteiger partial charge in [-0.25, -0.2) is 4.79 Å². The monoisotopic (exact) mass is 267 g/mol. The fraction of sp³-hybridized carbons (Fsp3) is 0.500. The molecule has 1 amide bonds. The van der Waals surface area contributed by atoms with Crippen LogP contribution in [0.15, 0.2) is 4.79 Å². The molecule has 0 saturated heterocycles. The van der Waals surface area contributed by atoms with Crippen molar-refractivity contribution >= 4 is 11.9 Å². The molecule has 0 radical (unpaired) electrons. The van der Waals surface area contributed by atoms with Gasteiger partial charge in [-0.1, -0.05) is 0 Å². The van der Waals surface area contributed by atoms with Crippen molar-refractivity contribution in [2.24, 2.45) is 0 Å². The number of hydrogen-bond donors (Lipinski definition) is 2. The molecule has 19 heavy (non-hydrogen) atoms. The Morgan fingerprint density at radius 2 is 2.05 bits per heavy atom. The van der Waals surface area contributed by atoms with Gasteiger partial charge < -0.3 is 15.0 Å². The standard InChI is InChI=1S/C12H17N3O4/c1-7-9(8(2)15-12(18)14-7)6-10(16)13-5-4-11(17)19-3/h4-6H2,1-3H3,(H,13,16)(H,14,15,18). The van der Waals surface area contributed by atoms with Gasteiger partial charge in [-0.15, -0.1) is 0 Å². The van der Waals surface area contributed by atoms with E-state index in [1.807, 2.05) is 0 Å². The number of esters is 1. The summed E-state index contributed by atoms with van der Waals surface area (Å²) in [5.41, 5.74) is 1.42. The molecule has 0 unspecified atom stereocenters. The van der Waals surface area contributed by atoms with E-state index in [0.29, 0.717) is 17.0 Å². The first kappa shape index (κ1) is 14.9. The molecule has 1 rings (SSSR count). The van der Waals surface area contributed by atoms with Crippen LogP contribution in [0.4, 0.5) is 0 Å². The molecule has 0 atom stereocenters. The number of amides is 1. The Morgan fingerprint density at radius 1 is 1.37 bits per heavy atom. The van der Waals surface area contributed by atoms with Crippen molar-refractivity contribution in [3.8, 4) is 0 Å². The first-order valence-electron chi connectivity index (χ1n) is 5.84. The van der Waals surface area contributed by atoms with E-state index >= 15 is 0 Å². The molecule has 7 nitrogen and oxygen atoms in total. The Bertz CT molecular complexity index is 510. The van der Waals surface area contributed by atoms with Crippen molar-refractivity contribution in [1.82, 2.24) is 15.3 Å². The van der Waals surface area contributed by atoms with Crippen molar-refractivity contribution in [3.05, 3.63) is 27.4 Å². The molecule has 1 heterocycles. The van der Waals surface area contributed by atoms with Gasteiger partial charge in [0, 0.05) is 23.5 Å². The molecule has 0 spiro atoms. The lowest BCUT2D eigenvalue weighted by Gasteiger charge is -2.08. The largest absolute Gasteiger partial charge is 0.469 e. The van der Waals surface area contributed by atoms with Crippen LogP contribution in [0.5, 0.6) is 0 Å². The quantitative estimate of drug-likeness (QED) is 0.707. The maximum absolute atomic E-state index is 11.7. The van der Waals surface area contributed by atoms with Crippen LogP contribution in [-0.4, -0.2) is 35.5 Å². The predicted molar refractivity (Wildman–Crippen MR) is 67.7 cm³/mol. The number of aromatic nitrogens is 2. The van der Waals surface area contributed by atoms with Crippen LogP contribution in [-0.2, 0) is 20.7 Å². The van der Waals surface area contributed by atoms with Gasteiger partial charge in [-0.2, -0.15) is 4.98 Å². The van der Waals surface area contributed by atoms with E-state index in [1.54, 1.807) is 13.8 Å². The highest BCUT2D eigenvalue weighted by atomic mass is 16.5.